The van der Waals surface area contributed by atoms with E-state index in [9.17, 15) is 5.11 Å². The van der Waals surface area contributed by atoms with Crippen molar-refractivity contribution >= 4 is 39.0 Å². The van der Waals surface area contributed by atoms with Gasteiger partial charge in [-0.15, -0.1) is 0 Å². The summed E-state index contributed by atoms with van der Waals surface area (Å²) in [5.74, 6) is 1.04. The van der Waals surface area contributed by atoms with Crippen molar-refractivity contribution in [3.8, 4) is 11.8 Å². The van der Waals surface area contributed by atoms with E-state index in [1.807, 2.05) is 29.2 Å². The fourth-order valence-electron chi connectivity index (χ4n) is 3.08. The fraction of sp³-hybridized carbons (Fsp3) is 0.368. The zero-order valence-corrected chi connectivity index (χ0v) is 17.2. The molecule has 6 nitrogen and oxygen atoms in total. The molecule has 2 heterocycles. The second-order valence-electron chi connectivity index (χ2n) is 6.36. The first-order chi connectivity index (χ1) is 13.0. The van der Waals surface area contributed by atoms with Crippen molar-refractivity contribution in [3.63, 3.8) is 0 Å². The third kappa shape index (κ3) is 4.46. The van der Waals surface area contributed by atoms with Gasteiger partial charge < -0.3 is 20.1 Å². The van der Waals surface area contributed by atoms with Crippen molar-refractivity contribution in [1.29, 1.82) is 5.26 Å². The van der Waals surface area contributed by atoms with E-state index in [0.29, 0.717) is 36.9 Å². The Morgan fingerprint density at radius 2 is 2.19 bits per heavy atom. The number of nitrogens with zero attached hydrogens (tertiary/aromatic N) is 3. The van der Waals surface area contributed by atoms with Gasteiger partial charge in [-0.05, 0) is 40.0 Å². The zero-order valence-electron chi connectivity index (χ0n) is 14.8. The van der Waals surface area contributed by atoms with E-state index >= 15 is 0 Å². The molecule has 1 aromatic carbocycles. The number of methoxy groups -OCH3 is 1. The average molecular weight is 452 g/mol. The third-order valence-corrected chi connectivity index (χ3v) is 5.57. The molecule has 0 saturated carbocycles. The minimum Gasteiger partial charge on any atom is -0.497 e. The Kier molecular flexibility index (Phi) is 6.42. The molecular weight excluding hydrogens is 432 g/mol. The van der Waals surface area contributed by atoms with Crippen molar-refractivity contribution in [3.05, 3.63) is 45.5 Å². The summed E-state index contributed by atoms with van der Waals surface area (Å²) in [6, 6.07) is 9.91. The number of anilines is 2. The van der Waals surface area contributed by atoms with Gasteiger partial charge in [-0.3, -0.25) is 0 Å². The molecule has 2 N–H and O–H groups in total. The highest BCUT2D eigenvalue weighted by molar-refractivity contribution is 9.10. The van der Waals surface area contributed by atoms with E-state index < -0.39 is 6.10 Å². The molecule has 8 heteroatoms. The van der Waals surface area contributed by atoms with Crippen LogP contribution in [0.1, 0.15) is 12.0 Å². The molecule has 1 saturated heterocycles. The molecule has 3 rings (SSSR count). The highest BCUT2D eigenvalue weighted by Crippen LogP contribution is 2.39. The molecule has 142 valence electrons. The second kappa shape index (κ2) is 8.79. The number of piperidine rings is 1. The number of halogens is 2. The number of rotatable bonds is 5. The first-order valence-electron chi connectivity index (χ1n) is 8.57. The number of aliphatic hydroxyl groups excluding tert-OH is 1. The molecule has 0 aliphatic carbocycles. The molecule has 1 aromatic heterocycles. The van der Waals surface area contributed by atoms with Gasteiger partial charge in [-0.1, -0.05) is 23.7 Å². The number of nitriles is 1. The Balaban J connectivity index is 1.76. The maximum absolute atomic E-state index is 10.2. The van der Waals surface area contributed by atoms with Gasteiger partial charge in [0.05, 0.1) is 35.4 Å². The molecular formula is C19H20BrClN4O2. The van der Waals surface area contributed by atoms with Crippen LogP contribution >= 0.6 is 27.5 Å². The van der Waals surface area contributed by atoms with Crippen LogP contribution in [-0.2, 0) is 6.54 Å². The van der Waals surface area contributed by atoms with Crippen LogP contribution in [0.15, 0.2) is 34.9 Å². The van der Waals surface area contributed by atoms with E-state index in [2.05, 4.69) is 32.3 Å². The molecule has 1 aliphatic rings. The van der Waals surface area contributed by atoms with Crippen LogP contribution in [-0.4, -0.2) is 36.4 Å². The number of ether oxygens (including phenoxy) is 1. The summed E-state index contributed by atoms with van der Waals surface area (Å²) >= 11 is 10.1. The fourth-order valence-corrected chi connectivity index (χ4v) is 4.09. The van der Waals surface area contributed by atoms with Crippen LogP contribution in [0.2, 0.25) is 5.02 Å². The van der Waals surface area contributed by atoms with Gasteiger partial charge in [0.15, 0.2) is 0 Å². The Hall–Kier alpha value is -2.01. The first-order valence-corrected chi connectivity index (χ1v) is 9.74. The maximum atomic E-state index is 10.2. The Morgan fingerprint density at radius 1 is 1.44 bits per heavy atom. The Morgan fingerprint density at radius 3 is 2.81 bits per heavy atom. The molecule has 27 heavy (non-hydrogen) atoms. The number of hydrogen-bond acceptors (Lipinski definition) is 6. The van der Waals surface area contributed by atoms with Crippen molar-refractivity contribution < 1.29 is 9.84 Å². The Bertz CT molecular complexity index is 841. The van der Waals surface area contributed by atoms with E-state index in [4.69, 9.17) is 21.6 Å². The zero-order chi connectivity index (χ0) is 19.4. The van der Waals surface area contributed by atoms with Gasteiger partial charge in [0.1, 0.15) is 16.6 Å². The largest absolute Gasteiger partial charge is 0.497 e. The minimum atomic E-state index is -0.699. The maximum Gasteiger partial charge on any atom is 0.147 e. The van der Waals surface area contributed by atoms with Gasteiger partial charge in [-0.25, -0.2) is 4.98 Å². The third-order valence-electron chi connectivity index (χ3n) is 4.63. The van der Waals surface area contributed by atoms with Gasteiger partial charge in [0.25, 0.3) is 0 Å². The number of pyridine rings is 1. The molecule has 0 bridgehead atoms. The van der Waals surface area contributed by atoms with Crippen LogP contribution < -0.4 is 15.0 Å². The lowest BCUT2D eigenvalue weighted by atomic mass is 9.95. The lowest BCUT2D eigenvalue weighted by molar-refractivity contribution is 0.120. The number of hydrogen-bond donors (Lipinski definition) is 2. The molecule has 0 amide bonds. The van der Waals surface area contributed by atoms with E-state index in [1.165, 1.54) is 0 Å². The lowest BCUT2D eigenvalue weighted by Gasteiger charge is -2.35. The van der Waals surface area contributed by atoms with Crippen molar-refractivity contribution in [2.75, 3.05) is 30.4 Å². The van der Waals surface area contributed by atoms with Crippen LogP contribution in [0.3, 0.4) is 0 Å². The van der Waals surface area contributed by atoms with Crippen LogP contribution in [0.5, 0.6) is 5.75 Å². The Labute approximate surface area is 171 Å². The summed E-state index contributed by atoms with van der Waals surface area (Å²) in [4.78, 5) is 6.37. The van der Waals surface area contributed by atoms with Crippen molar-refractivity contribution in [1.82, 2.24) is 4.98 Å². The standard InChI is InChI=1S/C19H20BrClN4O2/c1-27-14-4-2-12(3-5-14)9-23-19-17(21)18(15(20)10-24-19)25-7-6-13(8-22)16(26)11-25/h2-5,10,13,16,26H,6-7,9,11H2,1H3,(H,23,24)/t13-,16+/m0/s1. The molecule has 0 spiro atoms. The smallest absolute Gasteiger partial charge is 0.147 e. The number of benzene rings is 1. The number of aliphatic hydroxyl groups is 1. The normalized spacial score (nSPS) is 19.4. The van der Waals surface area contributed by atoms with Gasteiger partial charge in [0.2, 0.25) is 0 Å². The summed E-state index contributed by atoms with van der Waals surface area (Å²) in [5, 5.41) is 23.0. The molecule has 0 radical (unpaired) electrons. The first kappa shape index (κ1) is 19.7. The quantitative estimate of drug-likeness (QED) is 0.719. The summed E-state index contributed by atoms with van der Waals surface area (Å²) in [6.45, 7) is 1.57. The van der Waals surface area contributed by atoms with Crippen molar-refractivity contribution in [2.45, 2.75) is 19.1 Å². The van der Waals surface area contributed by atoms with Crippen LogP contribution in [0.25, 0.3) is 0 Å². The van der Waals surface area contributed by atoms with Gasteiger partial charge >= 0.3 is 0 Å². The highest BCUT2D eigenvalue weighted by atomic mass is 79.9. The molecule has 2 aromatic rings. The summed E-state index contributed by atoms with van der Waals surface area (Å²) in [7, 11) is 1.64. The average Bonchev–Trinajstić information content (AvgIpc) is 2.68. The SMILES string of the molecule is COc1ccc(CNc2ncc(Br)c(N3CC[C@@H](C#N)[C@H](O)C3)c2Cl)cc1. The number of β-amino-alcohol motifs (C(OH)–C–C–N with tert-alkyl or cyclic N) is 1. The predicted molar refractivity (Wildman–Crippen MR) is 109 cm³/mol. The highest BCUT2D eigenvalue weighted by Gasteiger charge is 2.30. The van der Waals surface area contributed by atoms with E-state index in [1.54, 1.807) is 13.3 Å². The summed E-state index contributed by atoms with van der Waals surface area (Å²) in [5.41, 5.74) is 1.85. The van der Waals surface area contributed by atoms with E-state index in [-0.39, 0.29) is 5.92 Å². The number of aromatic nitrogens is 1. The van der Waals surface area contributed by atoms with Crippen LogP contribution in [0, 0.1) is 17.2 Å². The topological polar surface area (TPSA) is 81.4 Å². The number of nitrogens with one attached hydrogen (secondary N) is 1. The second-order valence-corrected chi connectivity index (χ2v) is 7.59. The predicted octanol–water partition coefficient (Wildman–Crippen LogP) is 3.83. The minimum absolute atomic E-state index is 0.340. The molecule has 2 atom stereocenters. The summed E-state index contributed by atoms with van der Waals surface area (Å²) in [6.07, 6.45) is 1.59. The molecule has 1 aliphatic heterocycles. The summed E-state index contributed by atoms with van der Waals surface area (Å²) < 4.78 is 5.92. The van der Waals surface area contributed by atoms with Crippen LogP contribution in [0.4, 0.5) is 11.5 Å². The van der Waals surface area contributed by atoms with E-state index in [0.717, 1.165) is 21.5 Å². The van der Waals surface area contributed by atoms with Gasteiger partial charge in [-0.2, -0.15) is 5.26 Å². The molecule has 1 fully saturated rings. The van der Waals surface area contributed by atoms with Gasteiger partial charge in [0, 0.05) is 25.8 Å². The molecule has 0 unspecified atom stereocenters. The van der Waals surface area contributed by atoms with Crippen molar-refractivity contribution in [2.24, 2.45) is 5.92 Å². The monoisotopic (exact) mass is 450 g/mol. The lowest BCUT2D eigenvalue weighted by Crippen LogP contribution is -2.43.